The van der Waals surface area contributed by atoms with Crippen molar-refractivity contribution in [1.82, 2.24) is 5.43 Å². The summed E-state index contributed by atoms with van der Waals surface area (Å²) < 4.78 is 38.4. The van der Waals surface area contributed by atoms with Gasteiger partial charge in [-0.1, -0.05) is 30.9 Å². The molecule has 1 aliphatic rings. The van der Waals surface area contributed by atoms with E-state index in [1.165, 1.54) is 43.2 Å². The lowest BCUT2D eigenvalue weighted by Crippen LogP contribution is -2.30. The fourth-order valence-electron chi connectivity index (χ4n) is 2.30. The number of hydrogen-bond acceptors (Lipinski definition) is 6. The monoisotopic (exact) mass is 427 g/mol. The van der Waals surface area contributed by atoms with Crippen LogP contribution in [0.15, 0.2) is 35.0 Å². The molecule has 0 spiro atoms. The molecule has 0 bridgehead atoms. The molecule has 6 N–H and O–H groups in total. The predicted octanol–water partition coefficient (Wildman–Crippen LogP) is 3.97. The number of carbonyl (C=O) groups is 1. The lowest BCUT2D eigenvalue weighted by molar-refractivity contribution is -0.274. The van der Waals surface area contributed by atoms with Crippen molar-refractivity contribution in [2.75, 3.05) is 0 Å². The first-order valence-electron chi connectivity index (χ1n) is 8.00. The van der Waals surface area contributed by atoms with E-state index in [4.69, 9.17) is 28.3 Å². The average Bonchev–Trinajstić information content (AvgIpc) is 2.57. The summed E-state index contributed by atoms with van der Waals surface area (Å²) in [5.41, 5.74) is 7.70. The molecule has 1 fully saturated rings. The van der Waals surface area contributed by atoms with E-state index in [9.17, 15) is 18.0 Å². The summed E-state index contributed by atoms with van der Waals surface area (Å²) in [5.74, 6) is 3.71. The second-order valence-electron chi connectivity index (χ2n) is 5.57. The molecule has 27 heavy (non-hydrogen) atoms. The highest BCUT2D eigenvalue weighted by Gasteiger charge is 2.30. The normalized spacial score (nSPS) is 15.9. The Morgan fingerprint density at radius 3 is 2.22 bits per heavy atom. The van der Waals surface area contributed by atoms with Gasteiger partial charge in [0.25, 0.3) is 0 Å². The van der Waals surface area contributed by atoms with E-state index in [2.05, 4.69) is 10.2 Å². The summed E-state index contributed by atoms with van der Waals surface area (Å²) in [6.07, 6.45) is 1.22. The summed E-state index contributed by atoms with van der Waals surface area (Å²) in [7, 11) is 0. The molecule has 0 saturated heterocycles. The Kier molecular flexibility index (Phi) is 9.61. The molecule has 0 heterocycles. The van der Waals surface area contributed by atoms with Gasteiger partial charge in [0.2, 0.25) is 0 Å². The Morgan fingerprint density at radius 1 is 1.22 bits per heavy atom. The first-order valence-corrected chi connectivity index (χ1v) is 9.25. The second-order valence-corrected chi connectivity index (χ2v) is 7.35. The molecule has 6 nitrogen and oxygen atoms in total. The Balaban J connectivity index is 0.000000277. The maximum Gasteiger partial charge on any atom is 0.573 e. The van der Waals surface area contributed by atoms with Crippen LogP contribution in [0.3, 0.4) is 0 Å². The first-order chi connectivity index (χ1) is 12.6. The maximum atomic E-state index is 11.6. The number of carboxylic acids is 1. The summed E-state index contributed by atoms with van der Waals surface area (Å²) in [5, 5.41) is 9.85. The molecule has 0 amide bonds. The SMILES string of the molecule is FC(F)(F)Oc1ccc(Cl)cc1.NN/C(C(=O)O)=C(\N)SC1CCCCC1. The highest BCUT2D eigenvalue weighted by molar-refractivity contribution is 8.03. The average molecular weight is 428 g/mol. The van der Waals surface area contributed by atoms with Crippen LogP contribution in [0.25, 0.3) is 0 Å². The predicted molar refractivity (Wildman–Crippen MR) is 98.8 cm³/mol. The van der Waals surface area contributed by atoms with Crippen molar-refractivity contribution in [2.45, 2.75) is 43.7 Å². The molecule has 0 atom stereocenters. The van der Waals surface area contributed by atoms with Gasteiger partial charge in [-0.2, -0.15) is 0 Å². The maximum absolute atomic E-state index is 11.6. The van der Waals surface area contributed by atoms with Crippen molar-refractivity contribution in [3.8, 4) is 5.75 Å². The number of aliphatic carboxylic acids is 1. The smallest absolute Gasteiger partial charge is 0.476 e. The standard InChI is InChI=1S/C9H17N3O2S.C7H4ClF3O/c10-8(7(12-11)9(13)14)15-6-4-2-1-3-5-6;8-5-1-3-6(4-2-5)12-7(9,10)11/h6,12H,1-5,10-11H2,(H,13,14);1-4H/b8-7+;. The third kappa shape index (κ3) is 9.64. The fourth-order valence-corrected chi connectivity index (χ4v) is 3.61. The number of halogens is 4. The van der Waals surface area contributed by atoms with Crippen molar-refractivity contribution < 1.29 is 27.8 Å². The van der Waals surface area contributed by atoms with Crippen LogP contribution >= 0.6 is 23.4 Å². The zero-order chi connectivity index (χ0) is 20.4. The van der Waals surface area contributed by atoms with Crippen molar-refractivity contribution in [3.05, 3.63) is 40.0 Å². The van der Waals surface area contributed by atoms with E-state index in [0.717, 1.165) is 25.0 Å². The van der Waals surface area contributed by atoms with E-state index in [0.29, 0.717) is 10.3 Å². The molecule has 152 valence electrons. The van der Waals surface area contributed by atoms with Gasteiger partial charge in [0.15, 0.2) is 5.70 Å². The van der Waals surface area contributed by atoms with Gasteiger partial charge in [0.05, 0.1) is 5.03 Å². The molecule has 1 aliphatic carbocycles. The van der Waals surface area contributed by atoms with Gasteiger partial charge in [-0.25, -0.2) is 4.79 Å². The number of hydrazine groups is 1. The minimum Gasteiger partial charge on any atom is -0.476 e. The van der Waals surface area contributed by atoms with Crippen LogP contribution in [-0.4, -0.2) is 22.7 Å². The Labute approximate surface area is 164 Å². The summed E-state index contributed by atoms with van der Waals surface area (Å²) >= 11 is 6.86. The Morgan fingerprint density at radius 2 is 1.78 bits per heavy atom. The van der Waals surface area contributed by atoms with Gasteiger partial charge in [-0.15, -0.1) is 24.9 Å². The van der Waals surface area contributed by atoms with Gasteiger partial charge in [-0.05, 0) is 37.1 Å². The molecule has 0 unspecified atom stereocenters. The van der Waals surface area contributed by atoms with Gasteiger partial charge < -0.3 is 21.0 Å². The molecule has 0 aromatic heterocycles. The summed E-state index contributed by atoms with van der Waals surface area (Å²) in [6, 6.07) is 4.94. The second kappa shape index (κ2) is 11.2. The van der Waals surface area contributed by atoms with Crippen LogP contribution < -0.4 is 21.7 Å². The number of alkyl halides is 3. The lowest BCUT2D eigenvalue weighted by Gasteiger charge is -2.21. The van der Waals surface area contributed by atoms with E-state index < -0.39 is 12.3 Å². The number of nitrogens with one attached hydrogen (secondary N) is 1. The number of rotatable bonds is 5. The van der Waals surface area contributed by atoms with Crippen LogP contribution in [-0.2, 0) is 4.79 Å². The summed E-state index contributed by atoms with van der Waals surface area (Å²) in [6.45, 7) is 0. The molecule has 1 aromatic carbocycles. The number of thioether (sulfide) groups is 1. The molecule has 1 aromatic rings. The molecular formula is C16H21ClF3N3O3S. The van der Waals surface area contributed by atoms with Crippen LogP contribution in [0.2, 0.25) is 5.02 Å². The van der Waals surface area contributed by atoms with Crippen molar-refractivity contribution >= 4 is 29.3 Å². The molecule has 11 heteroatoms. The van der Waals surface area contributed by atoms with E-state index in [1.54, 1.807) is 0 Å². The molecule has 2 rings (SSSR count). The number of nitrogens with two attached hydrogens (primary N) is 2. The Bertz CT molecular complexity index is 636. The number of carboxylic acid groups (broad SMARTS) is 1. The first kappa shape index (κ1) is 23.3. The zero-order valence-corrected chi connectivity index (χ0v) is 15.8. The number of benzene rings is 1. The Hall–Kier alpha value is -1.78. The van der Waals surface area contributed by atoms with Gasteiger partial charge >= 0.3 is 12.3 Å². The van der Waals surface area contributed by atoms with E-state index >= 15 is 0 Å². The zero-order valence-electron chi connectivity index (χ0n) is 14.3. The fraction of sp³-hybridized carbons (Fsp3) is 0.438. The van der Waals surface area contributed by atoms with Crippen LogP contribution in [0.5, 0.6) is 5.75 Å². The van der Waals surface area contributed by atoms with Gasteiger partial charge in [-0.3, -0.25) is 5.84 Å². The van der Waals surface area contributed by atoms with Crippen molar-refractivity contribution in [3.63, 3.8) is 0 Å². The quantitative estimate of drug-likeness (QED) is 0.319. The van der Waals surface area contributed by atoms with Crippen molar-refractivity contribution in [2.24, 2.45) is 11.6 Å². The molecule has 0 aliphatic heterocycles. The number of hydrogen-bond donors (Lipinski definition) is 4. The van der Waals surface area contributed by atoms with Crippen LogP contribution in [0, 0.1) is 0 Å². The van der Waals surface area contributed by atoms with E-state index in [-0.39, 0.29) is 16.5 Å². The van der Waals surface area contributed by atoms with Crippen LogP contribution in [0.1, 0.15) is 32.1 Å². The molecular weight excluding hydrogens is 407 g/mol. The van der Waals surface area contributed by atoms with Gasteiger partial charge in [0.1, 0.15) is 5.75 Å². The topological polar surface area (TPSA) is 111 Å². The highest BCUT2D eigenvalue weighted by atomic mass is 35.5. The van der Waals surface area contributed by atoms with E-state index in [1.807, 2.05) is 0 Å². The molecule has 0 radical (unpaired) electrons. The summed E-state index contributed by atoms with van der Waals surface area (Å²) in [4.78, 5) is 10.7. The third-order valence-corrected chi connectivity index (χ3v) is 5.01. The highest BCUT2D eigenvalue weighted by Crippen LogP contribution is 2.31. The largest absolute Gasteiger partial charge is 0.573 e. The van der Waals surface area contributed by atoms with Gasteiger partial charge in [0, 0.05) is 10.3 Å². The minimum absolute atomic E-state index is 0.106. The molecule has 1 saturated carbocycles. The minimum atomic E-state index is -4.65. The third-order valence-electron chi connectivity index (χ3n) is 3.50. The van der Waals surface area contributed by atoms with Crippen molar-refractivity contribution in [1.29, 1.82) is 0 Å². The lowest BCUT2D eigenvalue weighted by atomic mass is 10.0. The number of ether oxygens (including phenoxy) is 1. The van der Waals surface area contributed by atoms with Crippen LogP contribution in [0.4, 0.5) is 13.2 Å².